The van der Waals surface area contributed by atoms with Crippen LogP contribution in [0, 0.1) is 0 Å². The molecule has 6 nitrogen and oxygen atoms in total. The van der Waals surface area contributed by atoms with Gasteiger partial charge in [-0.25, -0.2) is 15.0 Å². The van der Waals surface area contributed by atoms with E-state index in [4.69, 9.17) is 16.0 Å². The summed E-state index contributed by atoms with van der Waals surface area (Å²) in [6.45, 7) is 0. The zero-order valence-corrected chi connectivity index (χ0v) is 10.2. The molecule has 0 aliphatic heterocycles. The highest BCUT2D eigenvalue weighted by Gasteiger charge is 2.14. The Kier molecular flexibility index (Phi) is 2.07. The van der Waals surface area contributed by atoms with Crippen molar-refractivity contribution in [3.05, 3.63) is 35.6 Å². The van der Waals surface area contributed by atoms with Crippen molar-refractivity contribution in [1.29, 1.82) is 0 Å². The fraction of sp³-hybridized carbons (Fsp3) is 0. The number of aromatic amines is 1. The molecule has 0 fully saturated rings. The van der Waals surface area contributed by atoms with E-state index in [1.807, 2.05) is 24.3 Å². The van der Waals surface area contributed by atoms with Crippen molar-refractivity contribution < 1.29 is 4.42 Å². The highest BCUT2D eigenvalue weighted by molar-refractivity contribution is 6.33. The van der Waals surface area contributed by atoms with Gasteiger partial charge in [-0.2, -0.15) is 5.10 Å². The molecular formula is C12H6ClN5O. The molecule has 4 aromatic rings. The summed E-state index contributed by atoms with van der Waals surface area (Å²) in [5, 5.41) is 6.93. The highest BCUT2D eigenvalue weighted by atomic mass is 35.5. The molecule has 19 heavy (non-hydrogen) atoms. The van der Waals surface area contributed by atoms with Gasteiger partial charge in [-0.3, -0.25) is 5.10 Å². The average Bonchev–Trinajstić information content (AvgIpc) is 3.04. The zero-order valence-electron chi connectivity index (χ0n) is 9.46. The Hall–Kier alpha value is -2.47. The van der Waals surface area contributed by atoms with Gasteiger partial charge in [-0.1, -0.05) is 23.7 Å². The predicted octanol–water partition coefficient (Wildman–Crippen LogP) is 2.81. The van der Waals surface area contributed by atoms with Crippen LogP contribution in [0.15, 0.2) is 34.9 Å². The smallest absolute Gasteiger partial charge is 0.266 e. The molecule has 0 radical (unpaired) electrons. The van der Waals surface area contributed by atoms with Crippen molar-refractivity contribution in [1.82, 2.24) is 25.1 Å². The Labute approximate surface area is 111 Å². The van der Waals surface area contributed by atoms with Gasteiger partial charge in [0.15, 0.2) is 10.7 Å². The predicted molar refractivity (Wildman–Crippen MR) is 69.7 cm³/mol. The molecular weight excluding hydrogens is 266 g/mol. The number of hydrogen-bond acceptors (Lipinski definition) is 5. The fourth-order valence-electron chi connectivity index (χ4n) is 1.87. The van der Waals surface area contributed by atoms with Crippen LogP contribution in [0.25, 0.3) is 33.8 Å². The molecule has 0 aliphatic rings. The molecule has 0 amide bonds. The molecule has 1 N–H and O–H groups in total. The summed E-state index contributed by atoms with van der Waals surface area (Å²) in [5.74, 6) is 0.682. The second kappa shape index (κ2) is 3.76. The second-order valence-corrected chi connectivity index (χ2v) is 4.30. The van der Waals surface area contributed by atoms with Gasteiger partial charge < -0.3 is 4.42 Å². The first-order chi connectivity index (χ1) is 9.31. The van der Waals surface area contributed by atoms with Crippen molar-refractivity contribution in [2.24, 2.45) is 0 Å². The number of fused-ring (bicyclic) bond motifs is 2. The molecule has 3 heterocycles. The summed E-state index contributed by atoms with van der Waals surface area (Å²) in [6, 6.07) is 7.47. The molecule has 0 spiro atoms. The number of benzene rings is 1. The maximum atomic E-state index is 6.05. The van der Waals surface area contributed by atoms with Crippen LogP contribution in [0.4, 0.5) is 0 Å². The van der Waals surface area contributed by atoms with E-state index in [1.54, 1.807) is 6.20 Å². The third-order valence-electron chi connectivity index (χ3n) is 2.73. The highest BCUT2D eigenvalue weighted by Crippen LogP contribution is 2.25. The van der Waals surface area contributed by atoms with Crippen molar-refractivity contribution in [3.8, 4) is 11.7 Å². The third kappa shape index (κ3) is 1.57. The molecule has 0 saturated carbocycles. The van der Waals surface area contributed by atoms with Crippen molar-refractivity contribution in [3.63, 3.8) is 0 Å². The van der Waals surface area contributed by atoms with E-state index < -0.39 is 0 Å². The van der Waals surface area contributed by atoms with Crippen LogP contribution in [0.5, 0.6) is 0 Å². The van der Waals surface area contributed by atoms with Crippen LogP contribution in [0.3, 0.4) is 0 Å². The van der Waals surface area contributed by atoms with E-state index in [0.717, 1.165) is 5.52 Å². The molecule has 0 bridgehead atoms. The maximum absolute atomic E-state index is 6.05. The minimum absolute atomic E-state index is 0.267. The van der Waals surface area contributed by atoms with Gasteiger partial charge in [0.05, 0.1) is 0 Å². The minimum atomic E-state index is 0.267. The lowest BCUT2D eigenvalue weighted by Gasteiger charge is -1.95. The van der Waals surface area contributed by atoms with E-state index >= 15 is 0 Å². The van der Waals surface area contributed by atoms with E-state index in [1.165, 1.54) is 0 Å². The Morgan fingerprint density at radius 2 is 1.95 bits per heavy atom. The first kappa shape index (κ1) is 10.5. The summed E-state index contributed by atoms with van der Waals surface area (Å²) >= 11 is 6.05. The van der Waals surface area contributed by atoms with Crippen LogP contribution in [-0.2, 0) is 0 Å². The standard InChI is InChI=1S/C12H6ClN5O/c13-10-9-7(5-14-18-9)15-11(17-10)12-16-6-3-1-2-4-8(6)19-12/h1-5H,(H,14,18). The normalized spacial score (nSPS) is 11.4. The number of H-pyrrole nitrogens is 1. The van der Waals surface area contributed by atoms with Gasteiger partial charge in [-0.15, -0.1) is 0 Å². The van der Waals surface area contributed by atoms with Gasteiger partial charge in [0.2, 0.25) is 5.82 Å². The molecule has 1 aromatic carbocycles. The largest absolute Gasteiger partial charge is 0.434 e. The summed E-state index contributed by atoms with van der Waals surface area (Å²) < 4.78 is 5.61. The molecule has 3 aromatic heterocycles. The third-order valence-corrected chi connectivity index (χ3v) is 2.99. The fourth-order valence-corrected chi connectivity index (χ4v) is 2.09. The number of para-hydroxylation sites is 2. The van der Waals surface area contributed by atoms with E-state index in [0.29, 0.717) is 28.3 Å². The Morgan fingerprint density at radius 1 is 1.05 bits per heavy atom. The number of halogens is 1. The molecule has 0 aliphatic carbocycles. The summed E-state index contributed by atoms with van der Waals surface area (Å²) in [4.78, 5) is 12.8. The second-order valence-electron chi connectivity index (χ2n) is 3.94. The number of oxazole rings is 1. The van der Waals surface area contributed by atoms with Crippen molar-refractivity contribution in [2.45, 2.75) is 0 Å². The van der Waals surface area contributed by atoms with E-state index in [-0.39, 0.29) is 5.15 Å². The van der Waals surface area contributed by atoms with E-state index in [9.17, 15) is 0 Å². The Bertz CT molecular complexity index is 864. The van der Waals surface area contributed by atoms with Crippen molar-refractivity contribution >= 4 is 33.7 Å². The quantitative estimate of drug-likeness (QED) is 0.538. The average molecular weight is 272 g/mol. The van der Waals surface area contributed by atoms with Crippen LogP contribution in [0.2, 0.25) is 5.15 Å². The summed E-state index contributed by atoms with van der Waals surface area (Å²) in [6.07, 6.45) is 1.65. The number of hydrogen-bond donors (Lipinski definition) is 1. The Balaban J connectivity index is 1.97. The van der Waals surface area contributed by atoms with Gasteiger partial charge in [0, 0.05) is 6.20 Å². The number of aromatic nitrogens is 5. The number of nitrogens with one attached hydrogen (secondary N) is 1. The molecule has 0 atom stereocenters. The van der Waals surface area contributed by atoms with Crippen molar-refractivity contribution in [2.75, 3.05) is 0 Å². The molecule has 0 unspecified atom stereocenters. The first-order valence-corrected chi connectivity index (χ1v) is 5.92. The lowest BCUT2D eigenvalue weighted by atomic mass is 10.3. The van der Waals surface area contributed by atoms with Gasteiger partial charge in [0.25, 0.3) is 5.89 Å². The van der Waals surface area contributed by atoms with Crippen LogP contribution in [0.1, 0.15) is 0 Å². The lowest BCUT2D eigenvalue weighted by molar-refractivity contribution is 0.613. The van der Waals surface area contributed by atoms with Crippen LogP contribution >= 0.6 is 11.6 Å². The maximum Gasteiger partial charge on any atom is 0.266 e. The van der Waals surface area contributed by atoms with Crippen LogP contribution in [-0.4, -0.2) is 25.1 Å². The number of rotatable bonds is 1. The molecule has 4 rings (SSSR count). The van der Waals surface area contributed by atoms with Gasteiger partial charge in [0.1, 0.15) is 16.6 Å². The van der Waals surface area contributed by atoms with Crippen LogP contribution < -0.4 is 0 Å². The Morgan fingerprint density at radius 3 is 2.84 bits per heavy atom. The molecule has 92 valence electrons. The topological polar surface area (TPSA) is 80.5 Å². The lowest BCUT2D eigenvalue weighted by Crippen LogP contribution is -1.90. The van der Waals surface area contributed by atoms with Gasteiger partial charge >= 0.3 is 0 Å². The summed E-state index contributed by atoms with van der Waals surface area (Å²) in [7, 11) is 0. The number of nitrogens with zero attached hydrogens (tertiary/aromatic N) is 4. The minimum Gasteiger partial charge on any atom is -0.434 e. The monoisotopic (exact) mass is 271 g/mol. The van der Waals surface area contributed by atoms with E-state index in [2.05, 4.69) is 25.1 Å². The first-order valence-electron chi connectivity index (χ1n) is 5.54. The molecule has 7 heteroatoms. The van der Waals surface area contributed by atoms with Gasteiger partial charge in [-0.05, 0) is 12.1 Å². The SMILES string of the molecule is Clc1nc(-c2nc3ccccc3o2)nc2c[nH]nc12. The molecule has 0 saturated heterocycles. The summed E-state index contributed by atoms with van der Waals surface area (Å²) in [5.41, 5.74) is 2.59. The zero-order chi connectivity index (χ0) is 12.8.